The number of nitrogens with one attached hydrogen (secondary N) is 2. The number of para-hydroxylation sites is 1. The van der Waals surface area contributed by atoms with Crippen LogP contribution in [-0.2, 0) is 38.1 Å². The van der Waals surface area contributed by atoms with Gasteiger partial charge in [0.1, 0.15) is 23.9 Å². The molecular weight excluding hydrogens is 783 g/mol. The first-order valence-corrected chi connectivity index (χ1v) is 21.7. The Kier molecular flexibility index (Phi) is 16.3. The fourth-order valence-corrected chi connectivity index (χ4v) is 9.30. The van der Waals surface area contributed by atoms with Crippen LogP contribution in [0.5, 0.6) is 0 Å². The van der Waals surface area contributed by atoms with Crippen LogP contribution >= 0.6 is 0 Å². The lowest BCUT2D eigenvalue weighted by Gasteiger charge is -2.47. The van der Waals surface area contributed by atoms with E-state index in [1.807, 2.05) is 94.3 Å². The molecule has 15 heteroatoms. The van der Waals surface area contributed by atoms with Crippen LogP contribution in [0.25, 0.3) is 17.0 Å². The molecule has 1 aromatic heterocycles. The van der Waals surface area contributed by atoms with Gasteiger partial charge in [-0.15, -0.1) is 0 Å². The predicted octanol–water partition coefficient (Wildman–Crippen LogP) is 4.24. The van der Waals surface area contributed by atoms with Crippen molar-refractivity contribution in [2.45, 2.75) is 122 Å². The lowest BCUT2D eigenvalue weighted by Crippen LogP contribution is -2.61. The number of ether oxygens (including phenoxy) is 5. The Morgan fingerprint density at radius 2 is 1.77 bits per heavy atom. The Balaban J connectivity index is 1.59. The smallest absolute Gasteiger partial charge is 0.408 e. The molecule has 0 unspecified atom stereocenters. The van der Waals surface area contributed by atoms with Crippen molar-refractivity contribution in [2.24, 2.45) is 23.7 Å². The van der Waals surface area contributed by atoms with Crippen LogP contribution in [0.4, 0.5) is 4.79 Å². The van der Waals surface area contributed by atoms with E-state index in [0.717, 1.165) is 16.5 Å². The van der Waals surface area contributed by atoms with Crippen molar-refractivity contribution in [3.05, 3.63) is 48.2 Å². The summed E-state index contributed by atoms with van der Waals surface area (Å²) in [5.74, 6) is -5.29. The van der Waals surface area contributed by atoms with E-state index < -0.39 is 83.4 Å². The fraction of sp³-hybridized carbons (Fsp3) is 0.674. The number of alkyl carbamates (subject to hydrolysis) is 1. The van der Waals surface area contributed by atoms with Crippen molar-refractivity contribution in [3.63, 3.8) is 0 Å². The highest BCUT2D eigenvalue weighted by molar-refractivity contribution is 6.00. The molecule has 0 saturated carbocycles. The van der Waals surface area contributed by atoms with Crippen LogP contribution < -0.4 is 10.6 Å². The molecule has 4 heterocycles. The van der Waals surface area contributed by atoms with E-state index in [4.69, 9.17) is 23.7 Å². The zero-order chi connectivity index (χ0) is 44.8. The topological polar surface area (TPSA) is 178 Å². The summed E-state index contributed by atoms with van der Waals surface area (Å²) in [6.07, 6.45) is 0.966. The lowest BCUT2D eigenvalue weighted by molar-refractivity contribution is -0.296. The minimum absolute atomic E-state index is 0.0473. The van der Waals surface area contributed by atoms with Gasteiger partial charge in [0, 0.05) is 49.1 Å². The van der Waals surface area contributed by atoms with Gasteiger partial charge in [-0.1, -0.05) is 51.1 Å². The van der Waals surface area contributed by atoms with Crippen LogP contribution in [0.1, 0.15) is 73.3 Å². The number of fused-ring (bicyclic) bond motifs is 2. The van der Waals surface area contributed by atoms with E-state index >= 15 is 4.79 Å². The molecule has 3 aliphatic heterocycles. The first-order valence-electron chi connectivity index (χ1n) is 21.7. The Bertz CT molecular complexity index is 1880. The number of cyclic esters (lactones) is 1. The van der Waals surface area contributed by atoms with E-state index in [0.29, 0.717) is 19.5 Å². The molecule has 15 nitrogen and oxygen atoms in total. The Hall–Kier alpha value is -3.83. The van der Waals surface area contributed by atoms with Crippen molar-refractivity contribution in [3.8, 4) is 0 Å². The summed E-state index contributed by atoms with van der Waals surface area (Å²) >= 11 is 0. The minimum atomic E-state index is -1.44. The second kappa shape index (κ2) is 20.6. The van der Waals surface area contributed by atoms with Crippen molar-refractivity contribution in [2.75, 3.05) is 54.4 Å². The van der Waals surface area contributed by atoms with Crippen molar-refractivity contribution >= 4 is 40.6 Å². The van der Waals surface area contributed by atoms with Crippen molar-refractivity contribution < 1.29 is 48.0 Å². The van der Waals surface area contributed by atoms with E-state index in [9.17, 15) is 19.5 Å². The van der Waals surface area contributed by atoms with Gasteiger partial charge >= 0.3 is 12.1 Å². The lowest BCUT2D eigenvalue weighted by atomic mass is 9.73. The average molecular weight is 852 g/mol. The molecule has 1 amide bonds. The third kappa shape index (κ3) is 11.2. The number of carbonyl (C=O) groups excluding carboxylic acids is 4. The number of benzene rings is 1. The van der Waals surface area contributed by atoms with Crippen LogP contribution in [0, 0.1) is 23.7 Å². The number of aliphatic hydroxyl groups excluding tert-OH is 1. The molecule has 13 atom stereocenters. The highest BCUT2D eigenvalue weighted by atomic mass is 16.7. The molecule has 1 aromatic carbocycles. The molecule has 0 spiro atoms. The summed E-state index contributed by atoms with van der Waals surface area (Å²) in [6, 6.07) is 8.64. The SMILES string of the molecule is CC[C@H]1OC(=O)[C@H](C)C(=O)[C@H](C)[C@@H](O[C@@H]2O[C@H](C)C[C@H](N(C)C)[C@H]2O)[C@@](C)(OC/C=C/c2cnc3ccccc3c2)C[C@@H](C)C(=O)[C@H](CNCCN(C)C)[C@H]2NC(=O)O[C@@]21C. The monoisotopic (exact) mass is 852 g/mol. The van der Waals surface area contributed by atoms with E-state index in [1.54, 1.807) is 33.9 Å². The van der Waals surface area contributed by atoms with E-state index in [1.165, 1.54) is 6.92 Å². The van der Waals surface area contributed by atoms with Gasteiger partial charge in [0.25, 0.3) is 0 Å². The Morgan fingerprint density at radius 3 is 2.46 bits per heavy atom. The Morgan fingerprint density at radius 1 is 1.05 bits per heavy atom. The summed E-state index contributed by atoms with van der Waals surface area (Å²) in [6.45, 7) is 13.7. The van der Waals surface area contributed by atoms with Gasteiger partial charge in [-0.3, -0.25) is 19.4 Å². The largest absolute Gasteiger partial charge is 0.458 e. The second-order valence-electron chi connectivity index (χ2n) is 18.2. The number of amides is 1. The van der Waals surface area contributed by atoms with Gasteiger partial charge in [-0.2, -0.15) is 0 Å². The van der Waals surface area contributed by atoms with Gasteiger partial charge in [0.05, 0.1) is 41.9 Å². The molecule has 3 fully saturated rings. The molecule has 5 rings (SSSR count). The van der Waals surface area contributed by atoms with E-state index in [2.05, 4.69) is 15.6 Å². The van der Waals surface area contributed by atoms with Gasteiger partial charge in [0.15, 0.2) is 17.7 Å². The van der Waals surface area contributed by atoms with Gasteiger partial charge in [-0.25, -0.2) is 4.79 Å². The Labute approximate surface area is 361 Å². The maximum absolute atomic E-state index is 15.1. The zero-order valence-corrected chi connectivity index (χ0v) is 37.9. The van der Waals surface area contributed by atoms with Crippen LogP contribution in [0.15, 0.2) is 42.6 Å². The molecule has 3 aliphatic rings. The van der Waals surface area contributed by atoms with Gasteiger partial charge in [0.2, 0.25) is 0 Å². The molecule has 0 aliphatic carbocycles. The van der Waals surface area contributed by atoms with E-state index in [-0.39, 0.29) is 43.9 Å². The summed E-state index contributed by atoms with van der Waals surface area (Å²) in [5, 5.41) is 19.0. The number of aliphatic hydroxyl groups is 1. The zero-order valence-electron chi connectivity index (χ0n) is 37.9. The van der Waals surface area contributed by atoms with Crippen molar-refractivity contribution in [1.82, 2.24) is 25.4 Å². The number of carbonyl (C=O) groups is 4. The second-order valence-corrected chi connectivity index (χ2v) is 18.2. The molecule has 0 bridgehead atoms. The van der Waals surface area contributed by atoms with Gasteiger partial charge in [-0.05, 0) is 92.8 Å². The summed E-state index contributed by atoms with van der Waals surface area (Å²) in [7, 11) is 7.66. The quantitative estimate of drug-likeness (QED) is 0.148. The number of Topliss-reactive ketones (excluding diaryl/α,β-unsaturated/α-hetero) is 2. The third-order valence-electron chi connectivity index (χ3n) is 12.8. The number of ketones is 2. The molecule has 2 aromatic rings. The summed E-state index contributed by atoms with van der Waals surface area (Å²) in [5.41, 5.74) is -1.11. The number of likely N-dealkylation sites (N-methyl/N-ethyl adjacent to an activating group) is 2. The number of aromatic nitrogens is 1. The van der Waals surface area contributed by atoms with Gasteiger partial charge < -0.3 is 49.2 Å². The number of hydrogen-bond acceptors (Lipinski definition) is 14. The first-order chi connectivity index (χ1) is 28.8. The number of rotatable bonds is 13. The number of nitrogens with zero attached hydrogens (tertiary/aromatic N) is 3. The summed E-state index contributed by atoms with van der Waals surface area (Å²) < 4.78 is 31.9. The highest BCUT2D eigenvalue weighted by Gasteiger charge is 2.58. The number of esters is 1. The maximum Gasteiger partial charge on any atom is 0.408 e. The molecule has 61 heavy (non-hydrogen) atoms. The predicted molar refractivity (Wildman–Crippen MR) is 231 cm³/mol. The highest BCUT2D eigenvalue weighted by Crippen LogP contribution is 2.40. The maximum atomic E-state index is 15.1. The fourth-order valence-electron chi connectivity index (χ4n) is 9.30. The molecule has 3 saturated heterocycles. The normalized spacial score (nSPS) is 35.6. The molecular formula is C46H69N5O10. The standard InChI is InChI=1S/C46H69N5O10/c1-12-36-46(7)40(49-44(56)61-46)33(26-47-19-20-50(8)9)37(52)27(2)24-45(6,57-21-15-16-31-23-32-17-13-14-18-34(32)48-25-31)41(29(4)38(53)30(5)42(55)59-36)60-43-39(54)35(51(10)11)22-28(3)58-43/h13-18,23,25,27-30,33,35-36,39-41,43,47,54H,12,19-22,24,26H2,1-11H3,(H,49,56)/b16-15+/t27-,28-,29+,30-,33+,35+,36-,39-,40-,41-,43+,45+,46-/m1/s1. The first kappa shape index (κ1) is 48.2. The number of hydrogen-bond donors (Lipinski definition) is 3. The van der Waals surface area contributed by atoms with Crippen LogP contribution in [0.2, 0.25) is 0 Å². The van der Waals surface area contributed by atoms with Crippen LogP contribution in [0.3, 0.4) is 0 Å². The minimum Gasteiger partial charge on any atom is -0.458 e. The van der Waals surface area contributed by atoms with Crippen molar-refractivity contribution in [1.29, 1.82) is 0 Å². The molecule has 0 radical (unpaired) electrons. The number of pyridine rings is 1. The molecule has 338 valence electrons. The summed E-state index contributed by atoms with van der Waals surface area (Å²) in [4.78, 5) is 65.4. The third-order valence-corrected chi connectivity index (χ3v) is 12.8. The van der Waals surface area contributed by atoms with Crippen LogP contribution in [-0.4, -0.2) is 152 Å². The molecule has 3 N–H and O–H groups in total. The average Bonchev–Trinajstić information content (AvgIpc) is 3.53.